The molecule has 0 aromatic heterocycles. The van der Waals surface area contributed by atoms with E-state index >= 15 is 0 Å². The lowest BCUT2D eigenvalue weighted by atomic mass is 9.93. The third kappa shape index (κ3) is 1.66. The minimum Gasteiger partial charge on any atom is -0.481 e. The molecule has 0 aromatic rings. The highest BCUT2D eigenvalue weighted by atomic mass is 32.2. The maximum absolute atomic E-state index is 11.5. The van der Waals surface area contributed by atoms with Crippen molar-refractivity contribution >= 4 is 22.8 Å². The van der Waals surface area contributed by atoms with Gasteiger partial charge in [-0.05, 0) is 11.8 Å². The molecule has 2 aliphatic rings. The summed E-state index contributed by atoms with van der Waals surface area (Å²) >= 11 is 1.24. The van der Waals surface area contributed by atoms with Crippen molar-refractivity contribution in [1.82, 2.24) is 0 Å². The Balaban J connectivity index is 2.09. The number of aliphatic hydroxyl groups excluding tert-OH is 1. The third-order valence-electron chi connectivity index (χ3n) is 3.93. The highest BCUT2D eigenvalue weighted by Gasteiger charge is 2.66. The van der Waals surface area contributed by atoms with Gasteiger partial charge in [-0.15, -0.1) is 0 Å². The molecular weight excluding hydrogens is 228 g/mol. The van der Waals surface area contributed by atoms with Crippen molar-refractivity contribution in [2.45, 2.75) is 26.4 Å². The lowest BCUT2D eigenvalue weighted by Gasteiger charge is -2.16. The molecule has 4 nitrogen and oxygen atoms in total. The van der Waals surface area contributed by atoms with Gasteiger partial charge in [0.05, 0.1) is 17.9 Å². The van der Waals surface area contributed by atoms with Crippen LogP contribution >= 0.6 is 11.8 Å². The maximum Gasteiger partial charge on any atom is 0.307 e. The number of carboxylic acids is 1. The van der Waals surface area contributed by atoms with Gasteiger partial charge in [-0.1, -0.05) is 25.6 Å². The van der Waals surface area contributed by atoms with E-state index in [9.17, 15) is 14.7 Å². The Morgan fingerprint density at radius 3 is 2.56 bits per heavy atom. The SMILES string of the molecule is CC1(C)C(C(=O)O)C1C(O)C1CCSC1=O. The lowest BCUT2D eigenvalue weighted by Crippen LogP contribution is -2.27. The molecule has 0 spiro atoms. The Bertz CT molecular complexity index is 339. The number of aliphatic hydroxyl groups is 1. The quantitative estimate of drug-likeness (QED) is 0.774. The highest BCUT2D eigenvalue weighted by Crippen LogP contribution is 2.61. The summed E-state index contributed by atoms with van der Waals surface area (Å²) in [5, 5.41) is 19.1. The zero-order valence-corrected chi connectivity index (χ0v) is 10.2. The molecule has 4 atom stereocenters. The van der Waals surface area contributed by atoms with Gasteiger partial charge in [0.2, 0.25) is 0 Å². The van der Waals surface area contributed by atoms with E-state index in [1.165, 1.54) is 11.8 Å². The first-order valence-corrected chi connectivity index (χ1v) is 6.43. The van der Waals surface area contributed by atoms with Crippen molar-refractivity contribution in [3.05, 3.63) is 0 Å². The summed E-state index contributed by atoms with van der Waals surface area (Å²) in [5.74, 6) is -1.28. The van der Waals surface area contributed by atoms with Crippen LogP contribution in [0.2, 0.25) is 0 Å². The number of thioether (sulfide) groups is 1. The minimum absolute atomic E-state index is 0.0133. The predicted molar refractivity (Wildman–Crippen MR) is 60.0 cm³/mol. The molecule has 0 aromatic carbocycles. The molecule has 4 unspecified atom stereocenters. The van der Waals surface area contributed by atoms with Gasteiger partial charge >= 0.3 is 5.97 Å². The van der Waals surface area contributed by atoms with Crippen molar-refractivity contribution in [3.8, 4) is 0 Å². The fourth-order valence-electron chi connectivity index (χ4n) is 2.86. The maximum atomic E-state index is 11.5. The molecule has 2 N–H and O–H groups in total. The second kappa shape index (κ2) is 3.74. The molecule has 0 bridgehead atoms. The first-order valence-electron chi connectivity index (χ1n) is 5.45. The van der Waals surface area contributed by atoms with E-state index in [1.807, 2.05) is 13.8 Å². The summed E-state index contributed by atoms with van der Waals surface area (Å²) in [6, 6.07) is 0. The Kier molecular flexibility index (Phi) is 2.78. The molecule has 1 saturated heterocycles. The van der Waals surface area contributed by atoms with Crippen molar-refractivity contribution in [2.75, 3.05) is 5.75 Å². The minimum atomic E-state index is -0.868. The van der Waals surface area contributed by atoms with E-state index in [4.69, 9.17) is 5.11 Å². The predicted octanol–water partition coefficient (Wildman–Crippen LogP) is 0.984. The van der Waals surface area contributed by atoms with Crippen LogP contribution in [0.4, 0.5) is 0 Å². The average molecular weight is 244 g/mol. The van der Waals surface area contributed by atoms with Gasteiger partial charge in [0.1, 0.15) is 0 Å². The summed E-state index contributed by atoms with van der Waals surface area (Å²) in [6.07, 6.45) is -0.123. The summed E-state index contributed by atoms with van der Waals surface area (Å²) in [6.45, 7) is 3.68. The molecule has 90 valence electrons. The van der Waals surface area contributed by atoms with Gasteiger partial charge in [0.25, 0.3) is 0 Å². The first kappa shape index (κ1) is 11.9. The molecule has 0 radical (unpaired) electrons. The number of hydrogen-bond acceptors (Lipinski definition) is 4. The second-order valence-electron chi connectivity index (χ2n) is 5.22. The normalized spacial score (nSPS) is 38.4. The zero-order chi connectivity index (χ0) is 12.1. The second-order valence-corrected chi connectivity index (χ2v) is 6.32. The highest BCUT2D eigenvalue weighted by molar-refractivity contribution is 8.14. The number of rotatable bonds is 3. The van der Waals surface area contributed by atoms with E-state index in [-0.39, 0.29) is 17.0 Å². The molecule has 16 heavy (non-hydrogen) atoms. The topological polar surface area (TPSA) is 74.6 Å². The number of carbonyl (C=O) groups excluding carboxylic acids is 1. The lowest BCUT2D eigenvalue weighted by molar-refractivity contribution is -0.140. The Hall–Kier alpha value is -0.550. The van der Waals surface area contributed by atoms with Crippen LogP contribution in [0.25, 0.3) is 0 Å². The monoisotopic (exact) mass is 244 g/mol. The van der Waals surface area contributed by atoms with Gasteiger partial charge in [-0.3, -0.25) is 9.59 Å². The van der Waals surface area contributed by atoms with Gasteiger partial charge in [-0.2, -0.15) is 0 Å². The molecule has 0 amide bonds. The molecule has 1 aliphatic heterocycles. The van der Waals surface area contributed by atoms with Crippen molar-refractivity contribution in [3.63, 3.8) is 0 Å². The van der Waals surface area contributed by atoms with Crippen LogP contribution in [-0.2, 0) is 9.59 Å². The molecule has 1 heterocycles. The van der Waals surface area contributed by atoms with Crippen LogP contribution in [0.5, 0.6) is 0 Å². The summed E-state index contributed by atoms with van der Waals surface area (Å²) in [5.41, 5.74) is -0.390. The molecule has 1 saturated carbocycles. The number of carbonyl (C=O) groups is 2. The Morgan fingerprint density at radius 2 is 2.19 bits per heavy atom. The molecule has 2 fully saturated rings. The standard InChI is InChI=1S/C11H16O4S/c1-11(2)6(7(11)9(13)14)8(12)5-3-4-16-10(5)15/h5-8,12H,3-4H2,1-2H3,(H,13,14). The van der Waals surface area contributed by atoms with E-state index in [2.05, 4.69) is 0 Å². The van der Waals surface area contributed by atoms with Crippen molar-refractivity contribution in [2.24, 2.45) is 23.2 Å². The third-order valence-corrected chi connectivity index (χ3v) is 4.96. The zero-order valence-electron chi connectivity index (χ0n) is 9.34. The largest absolute Gasteiger partial charge is 0.481 e. The van der Waals surface area contributed by atoms with E-state index in [0.717, 1.165) is 5.75 Å². The van der Waals surface area contributed by atoms with Gasteiger partial charge in [0.15, 0.2) is 5.12 Å². The van der Waals surface area contributed by atoms with Crippen molar-refractivity contribution in [1.29, 1.82) is 0 Å². The van der Waals surface area contributed by atoms with E-state index in [0.29, 0.717) is 6.42 Å². The Morgan fingerprint density at radius 1 is 1.56 bits per heavy atom. The van der Waals surface area contributed by atoms with Gasteiger partial charge < -0.3 is 10.2 Å². The van der Waals surface area contributed by atoms with Crippen LogP contribution in [0, 0.1) is 23.2 Å². The van der Waals surface area contributed by atoms with E-state index in [1.54, 1.807) is 0 Å². The number of hydrogen-bond donors (Lipinski definition) is 2. The summed E-state index contributed by atoms with van der Waals surface area (Å²) in [4.78, 5) is 22.5. The fourth-order valence-corrected chi connectivity index (χ4v) is 3.90. The molecule has 5 heteroatoms. The van der Waals surface area contributed by atoms with Crippen LogP contribution < -0.4 is 0 Å². The van der Waals surface area contributed by atoms with E-state index < -0.39 is 23.4 Å². The van der Waals surface area contributed by atoms with Crippen LogP contribution in [0.3, 0.4) is 0 Å². The first-order chi connectivity index (χ1) is 7.37. The molecular formula is C11H16O4S. The van der Waals surface area contributed by atoms with Crippen LogP contribution in [-0.4, -0.2) is 33.2 Å². The molecule has 1 aliphatic carbocycles. The van der Waals surface area contributed by atoms with Crippen molar-refractivity contribution < 1.29 is 19.8 Å². The molecule has 2 rings (SSSR count). The van der Waals surface area contributed by atoms with Gasteiger partial charge in [0, 0.05) is 11.7 Å². The van der Waals surface area contributed by atoms with Crippen LogP contribution in [0.1, 0.15) is 20.3 Å². The summed E-state index contributed by atoms with van der Waals surface area (Å²) in [7, 11) is 0. The smallest absolute Gasteiger partial charge is 0.307 e. The summed E-state index contributed by atoms with van der Waals surface area (Å²) < 4.78 is 0. The Labute approximate surface area is 98.4 Å². The average Bonchev–Trinajstić information content (AvgIpc) is 2.53. The van der Waals surface area contributed by atoms with Crippen LogP contribution in [0.15, 0.2) is 0 Å². The number of carboxylic acid groups (broad SMARTS) is 1. The van der Waals surface area contributed by atoms with Gasteiger partial charge in [-0.25, -0.2) is 0 Å². The fraction of sp³-hybridized carbons (Fsp3) is 0.818. The number of aliphatic carboxylic acids is 1.